The summed E-state index contributed by atoms with van der Waals surface area (Å²) in [5, 5.41) is 9.48. The summed E-state index contributed by atoms with van der Waals surface area (Å²) in [6, 6.07) is 21.3. The first-order valence-corrected chi connectivity index (χ1v) is 12.4. The topological polar surface area (TPSA) is 101 Å². The van der Waals surface area contributed by atoms with Gasteiger partial charge in [0.25, 0.3) is 0 Å². The Morgan fingerprint density at radius 1 is 0.923 bits per heavy atom. The third-order valence-corrected chi connectivity index (χ3v) is 6.71. The van der Waals surface area contributed by atoms with Gasteiger partial charge in [0.05, 0.1) is 35.5 Å². The zero-order chi connectivity index (χ0) is 26.3. The maximum Gasteiger partial charge on any atom is 0.230 e. The lowest BCUT2D eigenvalue weighted by molar-refractivity contribution is 0.295. The molecule has 1 aliphatic heterocycles. The molecule has 6 aromatic rings. The third kappa shape index (κ3) is 3.93. The fourth-order valence-electron chi connectivity index (χ4n) is 4.93. The van der Waals surface area contributed by atoms with Gasteiger partial charge in [-0.25, -0.2) is 19.2 Å². The van der Waals surface area contributed by atoms with Crippen LogP contribution in [0.15, 0.2) is 85.5 Å². The number of nitrogens with zero attached hydrogens (tertiary/aromatic N) is 7. The highest BCUT2D eigenvalue weighted by Gasteiger charge is 2.38. The highest BCUT2D eigenvalue weighted by Crippen LogP contribution is 2.49. The van der Waals surface area contributed by atoms with E-state index in [2.05, 4.69) is 15.1 Å². The molecule has 10 heteroatoms. The number of methoxy groups -OCH3 is 1. The molecule has 7 rings (SSSR count). The number of rotatable bonds is 6. The lowest BCUT2D eigenvalue weighted by Gasteiger charge is -2.26. The molecular formula is C29H23N7O3. The SMILES string of the molecule is COc1ccc(OCc2nc3c4c(ncn3n2)Oc2c(c(C)nn2-c2ccccc2)[C@@H]4c2cccnc2)cc1. The molecule has 0 spiro atoms. The van der Waals surface area contributed by atoms with Gasteiger partial charge in [-0.2, -0.15) is 5.10 Å². The molecular weight excluding hydrogens is 494 g/mol. The van der Waals surface area contributed by atoms with Crippen molar-refractivity contribution in [2.24, 2.45) is 0 Å². The van der Waals surface area contributed by atoms with Crippen molar-refractivity contribution in [2.75, 3.05) is 7.11 Å². The van der Waals surface area contributed by atoms with Crippen molar-refractivity contribution in [3.8, 4) is 28.9 Å². The van der Waals surface area contributed by atoms with E-state index in [1.54, 1.807) is 24.1 Å². The Labute approximate surface area is 223 Å². The summed E-state index contributed by atoms with van der Waals surface area (Å²) in [6.45, 7) is 2.18. The van der Waals surface area contributed by atoms with E-state index in [1.807, 2.05) is 84.5 Å². The molecule has 5 heterocycles. The van der Waals surface area contributed by atoms with E-state index >= 15 is 0 Å². The third-order valence-electron chi connectivity index (χ3n) is 6.71. The normalized spacial score (nSPS) is 13.9. The number of fused-ring (bicyclic) bond motifs is 4. The molecule has 10 nitrogen and oxygen atoms in total. The van der Waals surface area contributed by atoms with Crippen LogP contribution >= 0.6 is 0 Å². The summed E-state index contributed by atoms with van der Waals surface area (Å²) < 4.78 is 21.1. The zero-order valence-electron chi connectivity index (χ0n) is 21.2. The van der Waals surface area contributed by atoms with Crippen LogP contribution in [-0.4, -0.2) is 41.5 Å². The van der Waals surface area contributed by atoms with Gasteiger partial charge >= 0.3 is 0 Å². The van der Waals surface area contributed by atoms with E-state index < -0.39 is 0 Å². The Morgan fingerprint density at radius 3 is 2.51 bits per heavy atom. The number of hydrogen-bond acceptors (Lipinski definition) is 8. The van der Waals surface area contributed by atoms with Crippen LogP contribution in [0.3, 0.4) is 0 Å². The molecule has 1 atom stereocenters. The molecule has 4 aromatic heterocycles. The van der Waals surface area contributed by atoms with Crippen molar-refractivity contribution in [1.82, 2.24) is 34.3 Å². The molecule has 0 bridgehead atoms. The molecule has 0 fully saturated rings. The lowest BCUT2D eigenvalue weighted by atomic mass is 9.85. The number of para-hydroxylation sites is 1. The van der Waals surface area contributed by atoms with Crippen molar-refractivity contribution in [1.29, 1.82) is 0 Å². The van der Waals surface area contributed by atoms with E-state index in [9.17, 15) is 0 Å². The lowest BCUT2D eigenvalue weighted by Crippen LogP contribution is -2.16. The Hall–Kier alpha value is -5.25. The van der Waals surface area contributed by atoms with Gasteiger partial charge in [-0.15, -0.1) is 5.10 Å². The maximum absolute atomic E-state index is 6.45. The summed E-state index contributed by atoms with van der Waals surface area (Å²) in [5.41, 5.74) is 5.10. The second-order valence-corrected chi connectivity index (χ2v) is 9.10. The maximum atomic E-state index is 6.45. The highest BCUT2D eigenvalue weighted by molar-refractivity contribution is 5.66. The van der Waals surface area contributed by atoms with Crippen LogP contribution in [0.25, 0.3) is 11.3 Å². The van der Waals surface area contributed by atoms with Gasteiger partial charge in [0.2, 0.25) is 11.8 Å². The van der Waals surface area contributed by atoms with Crippen LogP contribution in [0.2, 0.25) is 0 Å². The first-order chi connectivity index (χ1) is 19.2. The van der Waals surface area contributed by atoms with E-state index in [1.165, 1.54) is 0 Å². The predicted octanol–water partition coefficient (Wildman–Crippen LogP) is 4.89. The van der Waals surface area contributed by atoms with Gasteiger partial charge in [-0.3, -0.25) is 4.98 Å². The van der Waals surface area contributed by atoms with Crippen molar-refractivity contribution < 1.29 is 14.2 Å². The van der Waals surface area contributed by atoms with Crippen LogP contribution in [0, 0.1) is 6.92 Å². The number of aryl methyl sites for hydroxylation is 1. The smallest absolute Gasteiger partial charge is 0.230 e. The number of aromatic nitrogens is 7. The van der Waals surface area contributed by atoms with Crippen LogP contribution in [0.4, 0.5) is 0 Å². The summed E-state index contributed by atoms with van der Waals surface area (Å²) in [6.07, 6.45) is 5.23. The van der Waals surface area contributed by atoms with Gasteiger partial charge in [-0.1, -0.05) is 24.3 Å². The number of hydrogen-bond donors (Lipinski definition) is 0. The van der Waals surface area contributed by atoms with Crippen LogP contribution in [0.1, 0.15) is 34.1 Å². The van der Waals surface area contributed by atoms with E-state index in [-0.39, 0.29) is 12.5 Å². The fraction of sp³-hybridized carbons (Fsp3) is 0.138. The summed E-state index contributed by atoms with van der Waals surface area (Å²) >= 11 is 0. The van der Waals surface area contributed by atoms with Gasteiger partial charge < -0.3 is 14.2 Å². The van der Waals surface area contributed by atoms with Crippen molar-refractivity contribution in [3.63, 3.8) is 0 Å². The highest BCUT2D eigenvalue weighted by atomic mass is 16.5. The Kier molecular flexibility index (Phi) is 5.43. The molecule has 0 unspecified atom stereocenters. The van der Waals surface area contributed by atoms with Gasteiger partial charge in [0.1, 0.15) is 24.4 Å². The molecule has 192 valence electrons. The average molecular weight is 518 g/mol. The van der Waals surface area contributed by atoms with Crippen molar-refractivity contribution in [2.45, 2.75) is 19.4 Å². The molecule has 2 aromatic carbocycles. The Morgan fingerprint density at radius 2 is 1.74 bits per heavy atom. The summed E-state index contributed by atoms with van der Waals surface area (Å²) in [7, 11) is 1.63. The van der Waals surface area contributed by atoms with Crippen molar-refractivity contribution in [3.05, 3.63) is 114 Å². The Balaban J connectivity index is 1.33. The first kappa shape index (κ1) is 22.9. The van der Waals surface area contributed by atoms with Gasteiger partial charge in [-0.05, 0) is 55.0 Å². The predicted molar refractivity (Wildman–Crippen MR) is 142 cm³/mol. The molecule has 0 aliphatic carbocycles. The summed E-state index contributed by atoms with van der Waals surface area (Å²) in [4.78, 5) is 13.9. The van der Waals surface area contributed by atoms with E-state index in [0.29, 0.717) is 29.0 Å². The number of benzene rings is 2. The van der Waals surface area contributed by atoms with Crippen molar-refractivity contribution >= 4 is 5.65 Å². The molecule has 0 N–H and O–H groups in total. The molecule has 0 saturated carbocycles. The van der Waals surface area contributed by atoms with Crippen LogP contribution < -0.4 is 14.2 Å². The van der Waals surface area contributed by atoms with Crippen LogP contribution in [-0.2, 0) is 6.61 Å². The molecule has 0 radical (unpaired) electrons. The second-order valence-electron chi connectivity index (χ2n) is 9.10. The minimum Gasteiger partial charge on any atom is -0.497 e. The fourth-order valence-corrected chi connectivity index (χ4v) is 4.93. The number of ether oxygens (including phenoxy) is 3. The van der Waals surface area contributed by atoms with E-state index in [0.717, 1.165) is 33.8 Å². The molecule has 1 aliphatic rings. The monoisotopic (exact) mass is 517 g/mol. The Bertz CT molecular complexity index is 1780. The summed E-state index contributed by atoms with van der Waals surface area (Å²) in [5.74, 6) is 2.80. The number of pyridine rings is 1. The minimum absolute atomic E-state index is 0.192. The van der Waals surface area contributed by atoms with Gasteiger partial charge in [0.15, 0.2) is 11.5 Å². The molecule has 0 saturated heterocycles. The molecule has 39 heavy (non-hydrogen) atoms. The minimum atomic E-state index is -0.259. The van der Waals surface area contributed by atoms with Crippen LogP contribution in [0.5, 0.6) is 23.3 Å². The standard InChI is InChI=1S/C29H23N7O3/c1-18-24-25(19-7-6-14-30-15-19)26-27-32-23(16-38-22-12-10-21(37-2)11-13-22)34-35(27)17-31-28(26)39-29(24)36(33-18)20-8-4-3-5-9-20/h3-15,17,25H,16H2,1-2H3/t25-/m0/s1. The zero-order valence-corrected chi connectivity index (χ0v) is 21.2. The second kappa shape index (κ2) is 9.25. The average Bonchev–Trinajstić information content (AvgIpc) is 3.56. The quantitative estimate of drug-likeness (QED) is 0.307. The first-order valence-electron chi connectivity index (χ1n) is 12.4. The van der Waals surface area contributed by atoms with Gasteiger partial charge in [0, 0.05) is 12.4 Å². The largest absolute Gasteiger partial charge is 0.497 e. The molecule has 0 amide bonds. The van der Waals surface area contributed by atoms with E-state index in [4.69, 9.17) is 24.3 Å².